The lowest BCUT2D eigenvalue weighted by Gasteiger charge is -2.28. The molecule has 1 saturated heterocycles. The topological polar surface area (TPSA) is 98.4 Å². The fraction of sp³-hybridized carbons (Fsp3) is 0.161. The Labute approximate surface area is 225 Å². The zero-order valence-corrected chi connectivity index (χ0v) is 21.5. The molecular weight excluding hydrogens is 484 g/mol. The Kier molecular flexibility index (Phi) is 5.77. The van der Waals surface area contributed by atoms with Crippen LogP contribution in [0, 0.1) is 0 Å². The summed E-state index contributed by atoms with van der Waals surface area (Å²) >= 11 is 0. The lowest BCUT2D eigenvalue weighted by molar-refractivity contribution is 0.575. The van der Waals surface area contributed by atoms with Gasteiger partial charge in [-0.3, -0.25) is 10.1 Å². The number of nitrogens with one attached hydrogen (secondary N) is 3. The van der Waals surface area contributed by atoms with Crippen LogP contribution < -0.4 is 10.2 Å². The maximum Gasteiger partial charge on any atom is 0.137 e. The predicted molar refractivity (Wildman–Crippen MR) is 157 cm³/mol. The molecule has 0 aliphatic carbocycles. The number of anilines is 2. The largest absolute Gasteiger partial charge is 0.356 e. The Bertz CT molecular complexity index is 1790. The van der Waals surface area contributed by atoms with Crippen LogP contribution in [0.1, 0.15) is 24.8 Å². The van der Waals surface area contributed by atoms with Crippen LogP contribution in [0.3, 0.4) is 0 Å². The number of aromatic nitrogens is 6. The van der Waals surface area contributed by atoms with Crippen molar-refractivity contribution < 1.29 is 0 Å². The second kappa shape index (κ2) is 9.72. The van der Waals surface area contributed by atoms with E-state index < -0.39 is 0 Å². The van der Waals surface area contributed by atoms with Gasteiger partial charge in [-0.05, 0) is 55.2 Å². The van der Waals surface area contributed by atoms with Crippen LogP contribution in [-0.4, -0.2) is 43.2 Å². The van der Waals surface area contributed by atoms with Crippen LogP contribution in [0.2, 0.25) is 0 Å². The normalized spacial score (nSPS) is 13.7. The molecule has 8 nitrogen and oxygen atoms in total. The molecule has 3 N–H and O–H groups in total. The highest BCUT2D eigenvalue weighted by atomic mass is 15.2. The number of fused-ring (bicyclic) bond motifs is 2. The SMILES string of the molecule is C=C(Nc1cncc(-c2ccc3[nH]nc(-c4cc5c(N6CCCCC6)nccc5[nH]4)c3n2)c1)c1ccccc1. The fourth-order valence-electron chi connectivity index (χ4n) is 5.31. The van der Waals surface area contributed by atoms with E-state index in [0.29, 0.717) is 0 Å². The quantitative estimate of drug-likeness (QED) is 0.232. The third-order valence-corrected chi connectivity index (χ3v) is 7.30. The maximum absolute atomic E-state index is 5.01. The zero-order valence-electron chi connectivity index (χ0n) is 21.5. The van der Waals surface area contributed by atoms with Gasteiger partial charge in [0.05, 0.1) is 34.3 Å². The lowest BCUT2D eigenvalue weighted by atomic mass is 10.1. The molecule has 1 fully saturated rings. The Morgan fingerprint density at radius 3 is 2.67 bits per heavy atom. The number of aromatic amines is 2. The molecule has 8 heteroatoms. The van der Waals surface area contributed by atoms with Crippen molar-refractivity contribution in [3.05, 3.63) is 91.4 Å². The second-order valence-electron chi connectivity index (χ2n) is 9.92. The van der Waals surface area contributed by atoms with Gasteiger partial charge in [-0.1, -0.05) is 36.9 Å². The van der Waals surface area contributed by atoms with Crippen molar-refractivity contribution >= 4 is 39.1 Å². The van der Waals surface area contributed by atoms with Gasteiger partial charge < -0.3 is 15.2 Å². The highest BCUT2D eigenvalue weighted by Crippen LogP contribution is 2.33. The third-order valence-electron chi connectivity index (χ3n) is 7.30. The molecule has 1 aliphatic heterocycles. The molecule has 6 aromatic rings. The molecule has 1 aromatic carbocycles. The molecule has 0 saturated carbocycles. The average molecular weight is 513 g/mol. The minimum Gasteiger partial charge on any atom is -0.356 e. The summed E-state index contributed by atoms with van der Waals surface area (Å²) in [6.45, 7) is 6.27. The number of H-pyrrole nitrogens is 2. The minimum atomic E-state index is 0.785. The van der Waals surface area contributed by atoms with Gasteiger partial charge in [-0.2, -0.15) is 5.10 Å². The molecular formula is C31H28N8. The van der Waals surface area contributed by atoms with Crippen LogP contribution >= 0.6 is 0 Å². The summed E-state index contributed by atoms with van der Waals surface area (Å²) in [7, 11) is 0. The first-order valence-electron chi connectivity index (χ1n) is 13.3. The van der Waals surface area contributed by atoms with Crippen LogP contribution in [0.4, 0.5) is 11.5 Å². The first kappa shape index (κ1) is 23.2. The smallest absolute Gasteiger partial charge is 0.137 e. The van der Waals surface area contributed by atoms with Crippen molar-refractivity contribution in [3.63, 3.8) is 0 Å². The molecule has 0 amide bonds. The van der Waals surface area contributed by atoms with Crippen LogP contribution in [0.15, 0.2) is 85.8 Å². The molecule has 39 heavy (non-hydrogen) atoms. The van der Waals surface area contributed by atoms with E-state index >= 15 is 0 Å². The Morgan fingerprint density at radius 2 is 1.79 bits per heavy atom. The molecule has 0 spiro atoms. The van der Waals surface area contributed by atoms with E-state index in [9.17, 15) is 0 Å². The van der Waals surface area contributed by atoms with Crippen molar-refractivity contribution in [2.45, 2.75) is 19.3 Å². The highest BCUT2D eigenvalue weighted by Gasteiger charge is 2.19. The molecule has 192 valence electrons. The van der Waals surface area contributed by atoms with Crippen LogP contribution in [0.5, 0.6) is 0 Å². The monoisotopic (exact) mass is 512 g/mol. The summed E-state index contributed by atoms with van der Waals surface area (Å²) in [5.74, 6) is 1.04. The zero-order chi connectivity index (χ0) is 26.2. The molecule has 5 aromatic heterocycles. The second-order valence-corrected chi connectivity index (χ2v) is 9.92. The molecule has 6 heterocycles. The van der Waals surface area contributed by atoms with E-state index in [1.165, 1.54) is 19.3 Å². The Hall–Kier alpha value is -4.98. The minimum absolute atomic E-state index is 0.785. The van der Waals surface area contributed by atoms with Gasteiger partial charge in [0.2, 0.25) is 0 Å². The maximum atomic E-state index is 5.01. The van der Waals surface area contributed by atoms with E-state index in [4.69, 9.17) is 9.97 Å². The van der Waals surface area contributed by atoms with Crippen molar-refractivity contribution in [2.75, 3.05) is 23.3 Å². The first-order chi connectivity index (χ1) is 19.2. The van der Waals surface area contributed by atoms with E-state index in [1.807, 2.05) is 67.0 Å². The highest BCUT2D eigenvalue weighted by molar-refractivity contribution is 5.98. The van der Waals surface area contributed by atoms with Crippen molar-refractivity contribution in [1.29, 1.82) is 0 Å². The summed E-state index contributed by atoms with van der Waals surface area (Å²) < 4.78 is 0. The summed E-state index contributed by atoms with van der Waals surface area (Å²) in [6, 6.07) is 20.2. The number of hydrogen-bond acceptors (Lipinski definition) is 6. The molecule has 0 atom stereocenters. The van der Waals surface area contributed by atoms with Gasteiger partial charge in [-0.25, -0.2) is 9.97 Å². The standard InChI is InChI=1S/C31H28N8/c1-20(21-8-4-2-5-9-21)34-23-16-22(18-32-19-23)25-10-11-27-29(36-25)30(38-37-27)28-17-24-26(35-28)12-13-33-31(24)39-14-6-3-7-15-39/h2,4-5,8-13,16-19,34-35H,1,3,6-7,14-15H2,(H,37,38). The lowest BCUT2D eigenvalue weighted by Crippen LogP contribution is -2.30. The first-order valence-corrected chi connectivity index (χ1v) is 13.3. The van der Waals surface area contributed by atoms with Gasteiger partial charge in [0.25, 0.3) is 0 Å². The van der Waals surface area contributed by atoms with Gasteiger partial charge in [-0.15, -0.1) is 0 Å². The summed E-state index contributed by atoms with van der Waals surface area (Å²) in [5, 5.41) is 12.3. The summed E-state index contributed by atoms with van der Waals surface area (Å²) in [6.07, 6.45) is 9.19. The third kappa shape index (κ3) is 4.40. The summed E-state index contributed by atoms with van der Waals surface area (Å²) in [5.41, 5.74) is 8.85. The molecule has 7 rings (SSSR count). The summed E-state index contributed by atoms with van der Waals surface area (Å²) in [4.78, 5) is 20.1. The number of rotatable bonds is 6. The fourth-order valence-corrected chi connectivity index (χ4v) is 5.31. The van der Waals surface area contributed by atoms with E-state index in [2.05, 4.69) is 43.0 Å². The number of benzene rings is 1. The van der Waals surface area contributed by atoms with Gasteiger partial charge in [0.15, 0.2) is 0 Å². The number of piperidine rings is 1. The molecule has 0 unspecified atom stereocenters. The Balaban J connectivity index is 1.22. The van der Waals surface area contributed by atoms with Crippen molar-refractivity contribution in [3.8, 4) is 22.6 Å². The van der Waals surface area contributed by atoms with Crippen molar-refractivity contribution in [1.82, 2.24) is 30.1 Å². The molecule has 0 bridgehead atoms. The van der Waals surface area contributed by atoms with Gasteiger partial charge >= 0.3 is 0 Å². The van der Waals surface area contributed by atoms with Crippen molar-refractivity contribution in [2.24, 2.45) is 0 Å². The van der Waals surface area contributed by atoms with E-state index in [-0.39, 0.29) is 0 Å². The average Bonchev–Trinajstić information content (AvgIpc) is 3.62. The number of nitrogens with zero attached hydrogens (tertiary/aromatic N) is 5. The number of hydrogen-bond donors (Lipinski definition) is 3. The van der Waals surface area contributed by atoms with Crippen LogP contribution in [-0.2, 0) is 0 Å². The predicted octanol–water partition coefficient (Wildman–Crippen LogP) is 6.64. The van der Waals surface area contributed by atoms with E-state index in [1.54, 1.807) is 6.20 Å². The molecule has 0 radical (unpaired) electrons. The van der Waals surface area contributed by atoms with Gasteiger partial charge in [0, 0.05) is 42.1 Å². The van der Waals surface area contributed by atoms with Gasteiger partial charge in [0.1, 0.15) is 17.0 Å². The Morgan fingerprint density at radius 1 is 0.923 bits per heavy atom. The van der Waals surface area contributed by atoms with Crippen LogP contribution in [0.25, 0.3) is 50.3 Å². The van der Waals surface area contributed by atoms with E-state index in [0.717, 1.165) is 80.4 Å². The number of pyridine rings is 3. The molecule has 1 aliphatic rings.